The molecule has 0 bridgehead atoms. The Kier molecular flexibility index (Phi) is 3.79. The minimum atomic E-state index is 0.0980. The first kappa shape index (κ1) is 12.1. The summed E-state index contributed by atoms with van der Waals surface area (Å²) >= 11 is 0. The largest absolute Gasteiger partial charge is 0.326 e. The molecular weight excluding hydrogens is 212 g/mol. The second-order valence-electron chi connectivity index (χ2n) is 4.68. The van der Waals surface area contributed by atoms with Gasteiger partial charge in [-0.2, -0.15) is 0 Å². The molecule has 1 fully saturated rings. The second-order valence-corrected chi connectivity index (χ2v) is 4.68. The van der Waals surface area contributed by atoms with Crippen molar-refractivity contribution in [1.29, 1.82) is 0 Å². The number of carbonyl (C=O) groups excluding carboxylic acids is 1. The van der Waals surface area contributed by atoms with Crippen molar-refractivity contribution >= 4 is 11.6 Å². The fourth-order valence-electron chi connectivity index (χ4n) is 2.28. The van der Waals surface area contributed by atoms with Gasteiger partial charge in [0.25, 0.3) is 0 Å². The summed E-state index contributed by atoms with van der Waals surface area (Å²) in [7, 11) is 0. The third-order valence-electron chi connectivity index (χ3n) is 3.49. The Balaban J connectivity index is 1.97. The number of benzene rings is 1. The van der Waals surface area contributed by atoms with Gasteiger partial charge < -0.3 is 10.6 Å². The highest BCUT2D eigenvalue weighted by Gasteiger charge is 2.29. The van der Waals surface area contributed by atoms with E-state index in [2.05, 4.69) is 36.6 Å². The molecular formula is C14H20N2O. The summed E-state index contributed by atoms with van der Waals surface area (Å²) < 4.78 is 0. The third kappa shape index (κ3) is 2.86. The van der Waals surface area contributed by atoms with E-state index in [1.807, 2.05) is 12.1 Å². The molecule has 0 aromatic heterocycles. The van der Waals surface area contributed by atoms with Crippen molar-refractivity contribution in [3.05, 3.63) is 29.8 Å². The van der Waals surface area contributed by atoms with Crippen LogP contribution in [0.25, 0.3) is 0 Å². The molecule has 1 heterocycles. The molecule has 1 aromatic rings. The maximum absolute atomic E-state index is 12.0. The van der Waals surface area contributed by atoms with Crippen LogP contribution in [-0.2, 0) is 11.2 Å². The van der Waals surface area contributed by atoms with Gasteiger partial charge in [-0.25, -0.2) is 0 Å². The van der Waals surface area contributed by atoms with E-state index in [1.165, 1.54) is 5.56 Å². The van der Waals surface area contributed by atoms with Crippen LogP contribution in [0.1, 0.15) is 25.8 Å². The average Bonchev–Trinajstić information content (AvgIpc) is 2.76. The first-order chi connectivity index (χ1) is 8.20. The Labute approximate surface area is 103 Å². The van der Waals surface area contributed by atoms with Gasteiger partial charge in [-0.05, 0) is 44.0 Å². The first-order valence-electron chi connectivity index (χ1n) is 6.34. The molecule has 1 aromatic carbocycles. The molecule has 2 rings (SSSR count). The number of aryl methyl sites for hydroxylation is 1. The number of carbonyl (C=O) groups is 1. The lowest BCUT2D eigenvalue weighted by molar-refractivity contribution is -0.119. The lowest BCUT2D eigenvalue weighted by Crippen LogP contribution is -2.32. The summed E-state index contributed by atoms with van der Waals surface area (Å²) in [5.74, 6) is 0.229. The van der Waals surface area contributed by atoms with E-state index in [1.54, 1.807) is 0 Å². The standard InChI is InChI=1S/C14H20N2O/c1-3-11-4-6-12(7-5-11)16-14(17)13-8-9-15-10(13)2/h4-7,10,13,15H,3,8-9H2,1-2H3,(H,16,17). The highest BCUT2D eigenvalue weighted by atomic mass is 16.1. The molecule has 1 aliphatic heterocycles. The predicted molar refractivity (Wildman–Crippen MR) is 70.0 cm³/mol. The molecule has 0 aliphatic carbocycles. The second kappa shape index (κ2) is 5.32. The Morgan fingerprint density at radius 1 is 1.41 bits per heavy atom. The van der Waals surface area contributed by atoms with Gasteiger partial charge in [0.1, 0.15) is 0 Å². The van der Waals surface area contributed by atoms with Crippen LogP contribution in [-0.4, -0.2) is 18.5 Å². The van der Waals surface area contributed by atoms with Gasteiger partial charge in [0.05, 0.1) is 5.92 Å². The average molecular weight is 232 g/mol. The number of hydrogen-bond donors (Lipinski definition) is 2. The van der Waals surface area contributed by atoms with Gasteiger partial charge in [0.2, 0.25) is 5.91 Å². The quantitative estimate of drug-likeness (QED) is 0.838. The number of rotatable bonds is 3. The maximum atomic E-state index is 12.0. The molecule has 92 valence electrons. The SMILES string of the molecule is CCc1ccc(NC(=O)C2CCNC2C)cc1. The van der Waals surface area contributed by atoms with E-state index >= 15 is 0 Å². The van der Waals surface area contributed by atoms with E-state index in [4.69, 9.17) is 0 Å². The molecule has 0 saturated carbocycles. The summed E-state index contributed by atoms with van der Waals surface area (Å²) in [6.45, 7) is 5.13. The van der Waals surface area contributed by atoms with Crippen LogP contribution >= 0.6 is 0 Å². The van der Waals surface area contributed by atoms with Crippen LogP contribution < -0.4 is 10.6 Å². The first-order valence-corrected chi connectivity index (χ1v) is 6.34. The highest BCUT2D eigenvalue weighted by molar-refractivity contribution is 5.93. The zero-order chi connectivity index (χ0) is 12.3. The molecule has 2 unspecified atom stereocenters. The van der Waals surface area contributed by atoms with E-state index in [-0.39, 0.29) is 17.9 Å². The van der Waals surface area contributed by atoms with Gasteiger partial charge in [0, 0.05) is 11.7 Å². The van der Waals surface area contributed by atoms with Crippen LogP contribution in [0.15, 0.2) is 24.3 Å². The Hall–Kier alpha value is -1.35. The minimum Gasteiger partial charge on any atom is -0.326 e. The topological polar surface area (TPSA) is 41.1 Å². The fourth-order valence-corrected chi connectivity index (χ4v) is 2.28. The van der Waals surface area contributed by atoms with Crippen molar-refractivity contribution in [2.45, 2.75) is 32.7 Å². The number of anilines is 1. The molecule has 3 nitrogen and oxygen atoms in total. The number of hydrogen-bond acceptors (Lipinski definition) is 2. The van der Waals surface area contributed by atoms with Crippen LogP contribution in [0.4, 0.5) is 5.69 Å². The Bertz CT molecular complexity index is 386. The Morgan fingerprint density at radius 3 is 2.65 bits per heavy atom. The maximum Gasteiger partial charge on any atom is 0.229 e. The molecule has 2 atom stereocenters. The summed E-state index contributed by atoms with van der Waals surface area (Å²) in [6, 6.07) is 8.36. The lowest BCUT2D eigenvalue weighted by Gasteiger charge is -2.15. The zero-order valence-corrected chi connectivity index (χ0v) is 10.5. The van der Waals surface area contributed by atoms with Crippen LogP contribution in [0.2, 0.25) is 0 Å². The Morgan fingerprint density at radius 2 is 2.12 bits per heavy atom. The normalized spacial score (nSPS) is 23.6. The molecule has 0 spiro atoms. The smallest absolute Gasteiger partial charge is 0.229 e. The molecule has 1 amide bonds. The number of nitrogens with one attached hydrogen (secondary N) is 2. The van der Waals surface area contributed by atoms with Crippen molar-refractivity contribution < 1.29 is 4.79 Å². The van der Waals surface area contributed by atoms with Crippen molar-refractivity contribution in [2.75, 3.05) is 11.9 Å². The van der Waals surface area contributed by atoms with E-state index in [9.17, 15) is 4.79 Å². The van der Waals surface area contributed by atoms with Crippen LogP contribution in [0.3, 0.4) is 0 Å². The van der Waals surface area contributed by atoms with Crippen LogP contribution in [0, 0.1) is 5.92 Å². The highest BCUT2D eigenvalue weighted by Crippen LogP contribution is 2.18. The summed E-state index contributed by atoms with van der Waals surface area (Å²) in [6.07, 6.45) is 1.96. The summed E-state index contributed by atoms with van der Waals surface area (Å²) in [5, 5.41) is 6.28. The van der Waals surface area contributed by atoms with E-state index < -0.39 is 0 Å². The number of amides is 1. The zero-order valence-electron chi connectivity index (χ0n) is 10.5. The van der Waals surface area contributed by atoms with Crippen molar-refractivity contribution in [2.24, 2.45) is 5.92 Å². The van der Waals surface area contributed by atoms with Gasteiger partial charge in [-0.3, -0.25) is 4.79 Å². The third-order valence-corrected chi connectivity index (χ3v) is 3.49. The molecule has 0 radical (unpaired) electrons. The van der Waals surface area contributed by atoms with Gasteiger partial charge >= 0.3 is 0 Å². The van der Waals surface area contributed by atoms with Crippen molar-refractivity contribution in [1.82, 2.24) is 5.32 Å². The van der Waals surface area contributed by atoms with Gasteiger partial charge in [-0.15, -0.1) is 0 Å². The monoisotopic (exact) mass is 232 g/mol. The van der Waals surface area contributed by atoms with Crippen molar-refractivity contribution in [3.8, 4) is 0 Å². The fraction of sp³-hybridized carbons (Fsp3) is 0.500. The summed E-state index contributed by atoms with van der Waals surface area (Å²) in [5.41, 5.74) is 2.19. The predicted octanol–water partition coefficient (Wildman–Crippen LogP) is 2.19. The van der Waals surface area contributed by atoms with E-state index in [0.29, 0.717) is 0 Å². The molecule has 1 saturated heterocycles. The van der Waals surface area contributed by atoms with Gasteiger partial charge in [0.15, 0.2) is 0 Å². The van der Waals surface area contributed by atoms with Crippen LogP contribution in [0.5, 0.6) is 0 Å². The molecule has 17 heavy (non-hydrogen) atoms. The van der Waals surface area contributed by atoms with E-state index in [0.717, 1.165) is 25.1 Å². The van der Waals surface area contributed by atoms with Gasteiger partial charge in [-0.1, -0.05) is 19.1 Å². The molecule has 1 aliphatic rings. The van der Waals surface area contributed by atoms with Crippen molar-refractivity contribution in [3.63, 3.8) is 0 Å². The minimum absolute atomic E-state index is 0.0980. The summed E-state index contributed by atoms with van der Waals surface area (Å²) in [4.78, 5) is 12.0. The molecule has 2 N–H and O–H groups in total. The lowest BCUT2D eigenvalue weighted by atomic mass is 10.0. The molecule has 3 heteroatoms.